The maximum Gasteiger partial charge on any atom is 0.246 e. The van der Waals surface area contributed by atoms with E-state index in [1.54, 1.807) is 6.26 Å². The van der Waals surface area contributed by atoms with Crippen LogP contribution >= 0.6 is 0 Å². The molecule has 1 aromatic carbocycles. The van der Waals surface area contributed by atoms with Crippen LogP contribution in [0.5, 0.6) is 11.5 Å². The van der Waals surface area contributed by atoms with Gasteiger partial charge in [-0.05, 0) is 62.1 Å². The molecule has 3 spiro atoms. The Morgan fingerprint density at radius 3 is 2.75 bits per heavy atom. The molecule has 8 nitrogen and oxygen atoms in total. The van der Waals surface area contributed by atoms with Crippen LogP contribution in [-0.4, -0.2) is 81.5 Å². The van der Waals surface area contributed by atoms with Crippen molar-refractivity contribution in [3.63, 3.8) is 0 Å². The number of carbonyl (C=O) groups excluding carboxylic acids is 1. The molecule has 4 saturated heterocycles. The van der Waals surface area contributed by atoms with Gasteiger partial charge in [-0.2, -0.15) is 0 Å². The van der Waals surface area contributed by atoms with Gasteiger partial charge in [0.1, 0.15) is 16.7 Å². The number of fused-ring (bicyclic) bond motifs is 5. The summed E-state index contributed by atoms with van der Waals surface area (Å²) < 4.78 is 12.4. The summed E-state index contributed by atoms with van der Waals surface area (Å²) in [4.78, 5) is 18.2. The lowest BCUT2D eigenvalue weighted by Crippen LogP contribution is -2.83. The zero-order chi connectivity index (χ0) is 25.5. The number of carbonyl (C=O) groups is 1. The number of hydrogen-bond acceptors (Lipinski definition) is 7. The molecule has 0 radical (unpaired) electrons. The van der Waals surface area contributed by atoms with Crippen LogP contribution < -0.4 is 14.8 Å². The molecule has 7 aliphatic rings. The summed E-state index contributed by atoms with van der Waals surface area (Å²) in [5.41, 5.74) is -1.49. The SMILES string of the molecule is CN1C(=O)[C@]23C[C@H]4C(C)(C)[C@]5(CNc6c5ccc5c6OC=CC(C)(C)O5)C[C@@]41CN2CCC3(O)CO. The second-order valence-corrected chi connectivity index (χ2v) is 13.2. The zero-order valence-corrected chi connectivity index (χ0v) is 21.9. The highest BCUT2D eigenvalue weighted by atomic mass is 16.5. The van der Waals surface area contributed by atoms with E-state index in [2.05, 4.69) is 30.1 Å². The molecule has 36 heavy (non-hydrogen) atoms. The molecule has 3 N–H and O–H groups in total. The van der Waals surface area contributed by atoms with Gasteiger partial charge in [-0.15, -0.1) is 0 Å². The molecule has 2 bridgehead atoms. The van der Waals surface area contributed by atoms with Gasteiger partial charge in [0.25, 0.3) is 0 Å². The Kier molecular flexibility index (Phi) is 4.06. The third-order valence-corrected chi connectivity index (χ3v) is 11.3. The van der Waals surface area contributed by atoms with Crippen molar-refractivity contribution < 1.29 is 24.5 Å². The number of aliphatic hydroxyl groups is 2. The number of nitrogens with one attached hydrogen (secondary N) is 1. The molecule has 1 amide bonds. The average Bonchev–Trinajstić information content (AvgIpc) is 3.36. The molecule has 6 heterocycles. The number of piperazine rings is 1. The molecule has 5 fully saturated rings. The van der Waals surface area contributed by atoms with Gasteiger partial charge in [0, 0.05) is 32.1 Å². The summed E-state index contributed by atoms with van der Waals surface area (Å²) in [6.45, 7) is 10.4. The molecule has 1 unspecified atom stereocenters. The monoisotopic (exact) mass is 495 g/mol. The van der Waals surface area contributed by atoms with Crippen LogP contribution in [-0.2, 0) is 10.2 Å². The summed E-state index contributed by atoms with van der Waals surface area (Å²) in [7, 11) is 1.92. The maximum atomic E-state index is 14.0. The summed E-state index contributed by atoms with van der Waals surface area (Å²) in [6, 6.07) is 4.22. The molecule has 1 aliphatic carbocycles. The van der Waals surface area contributed by atoms with Crippen LogP contribution in [0.4, 0.5) is 5.69 Å². The second kappa shape index (κ2) is 6.40. The number of likely N-dealkylation sites (N-methyl/N-ethyl adjacent to an activating group) is 1. The third kappa shape index (κ3) is 2.23. The van der Waals surface area contributed by atoms with Gasteiger partial charge in [0.15, 0.2) is 11.5 Å². The Labute approximate surface area is 212 Å². The standard InChI is InChI=1S/C28H37N3O5/c1-23(2)9-11-35-21-18(36-23)7-6-17-20(21)29-14-25(17)13-26-15-31-10-8-27(34,16-32)28(31,22(33)30(26)5)12-19(26)24(25,3)4/h6-7,9,11,19,29,32,34H,8,10,12-16H2,1-5H3/t19-,25-,26+,27?,28-/m0/s1. The lowest BCUT2D eigenvalue weighted by Gasteiger charge is -2.66. The van der Waals surface area contributed by atoms with Gasteiger partial charge in [-0.25, -0.2) is 0 Å². The van der Waals surface area contributed by atoms with E-state index in [0.29, 0.717) is 19.4 Å². The number of aliphatic hydroxyl groups excluding tert-OH is 1. The normalized spacial score (nSPS) is 42.8. The minimum absolute atomic E-state index is 0.0379. The van der Waals surface area contributed by atoms with Gasteiger partial charge in [-0.1, -0.05) is 19.9 Å². The van der Waals surface area contributed by atoms with Crippen LogP contribution in [0.15, 0.2) is 24.5 Å². The molecule has 0 aromatic heterocycles. The Morgan fingerprint density at radius 1 is 1.22 bits per heavy atom. The first-order valence-electron chi connectivity index (χ1n) is 13.2. The highest BCUT2D eigenvalue weighted by Crippen LogP contribution is 2.72. The van der Waals surface area contributed by atoms with Gasteiger partial charge < -0.3 is 29.9 Å². The number of piperidine rings is 2. The van der Waals surface area contributed by atoms with Gasteiger partial charge in [0.05, 0.1) is 24.1 Å². The van der Waals surface area contributed by atoms with Crippen LogP contribution in [0.3, 0.4) is 0 Å². The summed E-state index contributed by atoms with van der Waals surface area (Å²) in [5.74, 6) is 1.57. The highest BCUT2D eigenvalue weighted by molar-refractivity contribution is 5.92. The zero-order valence-electron chi connectivity index (χ0n) is 21.9. The van der Waals surface area contributed by atoms with E-state index < -0.39 is 23.3 Å². The molecule has 5 atom stereocenters. The quantitative estimate of drug-likeness (QED) is 0.550. The third-order valence-electron chi connectivity index (χ3n) is 11.3. The molecular formula is C28H37N3O5. The number of ether oxygens (including phenoxy) is 2. The molecule has 6 aliphatic heterocycles. The Bertz CT molecular complexity index is 1230. The van der Waals surface area contributed by atoms with Crippen molar-refractivity contribution in [3.05, 3.63) is 30.0 Å². The second-order valence-electron chi connectivity index (χ2n) is 13.2. The van der Waals surface area contributed by atoms with Crippen molar-refractivity contribution in [2.45, 2.75) is 74.7 Å². The number of hydrogen-bond donors (Lipinski definition) is 3. The van der Waals surface area contributed by atoms with Gasteiger partial charge in [-0.3, -0.25) is 9.69 Å². The predicted molar refractivity (Wildman–Crippen MR) is 134 cm³/mol. The minimum atomic E-state index is -1.41. The highest BCUT2D eigenvalue weighted by Gasteiger charge is 2.81. The largest absolute Gasteiger partial charge is 0.480 e. The van der Waals surface area contributed by atoms with Crippen LogP contribution in [0, 0.1) is 11.3 Å². The summed E-state index contributed by atoms with van der Waals surface area (Å²) >= 11 is 0. The number of benzene rings is 1. The molecule has 1 saturated carbocycles. The fraction of sp³-hybridized carbons (Fsp3) is 0.679. The van der Waals surface area contributed by atoms with Crippen LogP contribution in [0.1, 0.15) is 52.5 Å². The van der Waals surface area contributed by atoms with Gasteiger partial charge in [0.2, 0.25) is 5.91 Å². The van der Waals surface area contributed by atoms with E-state index in [4.69, 9.17) is 9.47 Å². The predicted octanol–water partition coefficient (Wildman–Crippen LogP) is 2.24. The Balaban J connectivity index is 1.38. The fourth-order valence-electron chi connectivity index (χ4n) is 9.22. The summed E-state index contributed by atoms with van der Waals surface area (Å²) in [5, 5.41) is 25.5. The van der Waals surface area contributed by atoms with Crippen molar-refractivity contribution in [2.24, 2.45) is 11.3 Å². The first-order valence-corrected chi connectivity index (χ1v) is 13.2. The number of nitrogens with zero attached hydrogens (tertiary/aromatic N) is 2. The van der Waals surface area contributed by atoms with Crippen LogP contribution in [0.2, 0.25) is 0 Å². The first kappa shape index (κ1) is 22.9. The van der Waals surface area contributed by atoms with Crippen LogP contribution in [0.25, 0.3) is 0 Å². The Morgan fingerprint density at radius 2 is 2.00 bits per heavy atom. The summed E-state index contributed by atoms with van der Waals surface area (Å²) in [6.07, 6.45) is 5.47. The minimum Gasteiger partial charge on any atom is -0.480 e. The smallest absolute Gasteiger partial charge is 0.246 e. The molecule has 1 aromatic rings. The van der Waals surface area contributed by atoms with E-state index in [0.717, 1.165) is 36.7 Å². The first-order chi connectivity index (χ1) is 16.9. The molecule has 8 rings (SSSR count). The molecule has 194 valence electrons. The van der Waals surface area contributed by atoms with Crippen molar-refractivity contribution in [3.8, 4) is 11.5 Å². The van der Waals surface area contributed by atoms with E-state index in [9.17, 15) is 15.0 Å². The fourth-order valence-corrected chi connectivity index (χ4v) is 9.22. The molecule has 8 heteroatoms. The van der Waals surface area contributed by atoms with E-state index in [-0.39, 0.29) is 28.2 Å². The lowest BCUT2D eigenvalue weighted by atomic mass is 9.55. The number of amides is 1. The lowest BCUT2D eigenvalue weighted by molar-refractivity contribution is -0.213. The number of rotatable bonds is 1. The molecular weight excluding hydrogens is 458 g/mol. The van der Waals surface area contributed by atoms with Crippen molar-refractivity contribution in [2.75, 3.05) is 38.6 Å². The Hall–Kier alpha value is -2.29. The maximum absolute atomic E-state index is 14.0. The van der Waals surface area contributed by atoms with E-state index in [1.165, 1.54) is 5.56 Å². The van der Waals surface area contributed by atoms with Gasteiger partial charge >= 0.3 is 0 Å². The average molecular weight is 496 g/mol. The van der Waals surface area contributed by atoms with E-state index in [1.807, 2.05) is 37.9 Å². The van der Waals surface area contributed by atoms with Crippen molar-refractivity contribution >= 4 is 11.6 Å². The van der Waals surface area contributed by atoms with E-state index >= 15 is 0 Å². The van der Waals surface area contributed by atoms with Crippen molar-refractivity contribution in [1.82, 2.24) is 9.80 Å². The number of anilines is 1. The topological polar surface area (TPSA) is 94.5 Å². The van der Waals surface area contributed by atoms with Crippen molar-refractivity contribution in [1.29, 1.82) is 0 Å².